The van der Waals surface area contributed by atoms with E-state index in [1.807, 2.05) is 59.4 Å². The van der Waals surface area contributed by atoms with E-state index in [0.29, 0.717) is 72.8 Å². The summed E-state index contributed by atoms with van der Waals surface area (Å²) in [4.78, 5) is 16.0. The van der Waals surface area contributed by atoms with Crippen LogP contribution in [0.4, 0.5) is 0 Å². The first-order valence-corrected chi connectivity index (χ1v) is 19.8. The van der Waals surface area contributed by atoms with Gasteiger partial charge in [-0.25, -0.2) is 9.67 Å². The van der Waals surface area contributed by atoms with Crippen molar-refractivity contribution >= 4 is 28.0 Å². The third-order valence-corrected chi connectivity index (χ3v) is 11.7. The van der Waals surface area contributed by atoms with E-state index in [0.717, 1.165) is 75.7 Å². The van der Waals surface area contributed by atoms with Crippen molar-refractivity contribution < 1.29 is 33.6 Å². The first kappa shape index (κ1) is 39.1. The van der Waals surface area contributed by atoms with Crippen LogP contribution in [0.2, 0.25) is 0 Å². The lowest BCUT2D eigenvalue weighted by Gasteiger charge is -2.29. The Bertz CT molecular complexity index is 2470. The molecular weight excluding hydrogens is 737 g/mol. The number of hydrogen-bond acceptors (Lipinski definition) is 11. The standard InChI is InChI=1S/C45H48N6O7/c1-26-32(6-4-7-33(26)45-50-38-17-28(16-29(21-46)44(38)58-45)22-47-30-12-10-27(11-13-30)18-43(53)54)34-8-5-9-39-35(34)24-49-51(39)31-19-41(55-2)36(42(20-31)56-3)23-48-37-14-15-57-25-40(37)52/h4-9,16-17,19-20,24,27,30,37,40,47-48,52H,10-15,18,22-23,25H2,1-3H3,(H,53,54)/t27?,30?,37-,40-/m0/s1. The van der Waals surface area contributed by atoms with Gasteiger partial charge in [0.1, 0.15) is 23.1 Å². The maximum absolute atomic E-state index is 11.1. The molecule has 2 aromatic heterocycles. The van der Waals surface area contributed by atoms with E-state index in [9.17, 15) is 15.2 Å². The molecule has 1 saturated carbocycles. The Kier molecular flexibility index (Phi) is 11.4. The highest BCUT2D eigenvalue weighted by Gasteiger charge is 2.26. The molecule has 58 heavy (non-hydrogen) atoms. The zero-order valence-corrected chi connectivity index (χ0v) is 33.0. The van der Waals surface area contributed by atoms with E-state index in [1.54, 1.807) is 14.2 Å². The van der Waals surface area contributed by atoms with E-state index in [1.165, 1.54) is 0 Å². The number of aliphatic carboxylic acids is 1. The zero-order chi connectivity index (χ0) is 40.3. The number of ether oxygens (including phenoxy) is 3. The zero-order valence-electron chi connectivity index (χ0n) is 33.0. The summed E-state index contributed by atoms with van der Waals surface area (Å²) in [6.07, 6.45) is 5.90. The number of aromatic nitrogens is 3. The molecule has 4 aromatic carbocycles. The molecular formula is C45H48N6O7. The number of rotatable bonds is 13. The minimum absolute atomic E-state index is 0.0905. The fraction of sp³-hybridized carbons (Fsp3) is 0.378. The van der Waals surface area contributed by atoms with Gasteiger partial charge in [-0.05, 0) is 91.5 Å². The quantitative estimate of drug-likeness (QED) is 0.0939. The number of nitriles is 1. The number of aliphatic hydroxyl groups is 1. The Morgan fingerprint density at radius 1 is 0.966 bits per heavy atom. The monoisotopic (exact) mass is 784 g/mol. The average molecular weight is 785 g/mol. The number of carboxylic acids is 1. The van der Waals surface area contributed by atoms with Crippen molar-refractivity contribution in [2.75, 3.05) is 27.4 Å². The van der Waals surface area contributed by atoms with Gasteiger partial charge in [-0.3, -0.25) is 4.79 Å². The maximum atomic E-state index is 11.1. The van der Waals surface area contributed by atoms with E-state index >= 15 is 0 Å². The summed E-state index contributed by atoms with van der Waals surface area (Å²) in [7, 11) is 3.27. The molecule has 2 fully saturated rings. The minimum Gasteiger partial charge on any atom is -0.496 e. The summed E-state index contributed by atoms with van der Waals surface area (Å²) < 4.78 is 25.3. The first-order chi connectivity index (χ1) is 28.2. The van der Waals surface area contributed by atoms with Crippen LogP contribution in [0.15, 0.2) is 71.3 Å². The lowest BCUT2D eigenvalue weighted by Crippen LogP contribution is -2.46. The predicted octanol–water partition coefficient (Wildman–Crippen LogP) is 7.06. The van der Waals surface area contributed by atoms with Crippen LogP contribution in [-0.4, -0.2) is 76.6 Å². The number of carbonyl (C=O) groups is 1. The van der Waals surface area contributed by atoms with Gasteiger partial charge in [0, 0.05) is 61.3 Å². The third kappa shape index (κ3) is 7.88. The molecule has 300 valence electrons. The van der Waals surface area contributed by atoms with Gasteiger partial charge in [0.15, 0.2) is 5.58 Å². The molecule has 2 atom stereocenters. The van der Waals surface area contributed by atoms with Crippen molar-refractivity contribution in [3.05, 3.63) is 89.1 Å². The van der Waals surface area contributed by atoms with Gasteiger partial charge in [0.2, 0.25) is 5.89 Å². The smallest absolute Gasteiger partial charge is 0.303 e. The van der Waals surface area contributed by atoms with Crippen molar-refractivity contribution in [3.63, 3.8) is 0 Å². The fourth-order valence-electron chi connectivity index (χ4n) is 8.58. The van der Waals surface area contributed by atoms with Gasteiger partial charge in [0.25, 0.3) is 0 Å². The molecule has 4 N–H and O–H groups in total. The van der Waals surface area contributed by atoms with Crippen LogP contribution in [0.25, 0.3) is 50.3 Å². The Labute approximate surface area is 336 Å². The molecule has 2 aliphatic rings. The van der Waals surface area contributed by atoms with Crippen LogP contribution in [0.3, 0.4) is 0 Å². The highest BCUT2D eigenvalue weighted by Crippen LogP contribution is 2.39. The highest BCUT2D eigenvalue weighted by atomic mass is 16.5. The number of carboxylic acid groups (broad SMARTS) is 1. The molecule has 13 nitrogen and oxygen atoms in total. The second kappa shape index (κ2) is 17.0. The number of oxazole rings is 1. The number of hydrogen-bond donors (Lipinski definition) is 4. The minimum atomic E-state index is -0.729. The molecule has 0 spiro atoms. The average Bonchev–Trinajstić information content (AvgIpc) is 3.87. The van der Waals surface area contributed by atoms with Crippen molar-refractivity contribution in [1.82, 2.24) is 25.4 Å². The lowest BCUT2D eigenvalue weighted by atomic mass is 9.84. The van der Waals surface area contributed by atoms with Gasteiger partial charge in [-0.15, -0.1) is 0 Å². The van der Waals surface area contributed by atoms with Gasteiger partial charge in [0.05, 0.1) is 55.5 Å². The Balaban J connectivity index is 1.06. The van der Waals surface area contributed by atoms with Crippen molar-refractivity contribution in [2.45, 2.75) is 76.7 Å². The summed E-state index contributed by atoms with van der Waals surface area (Å²) >= 11 is 0. The third-order valence-electron chi connectivity index (χ3n) is 11.7. The van der Waals surface area contributed by atoms with Crippen molar-refractivity contribution in [1.29, 1.82) is 5.26 Å². The second-order valence-electron chi connectivity index (χ2n) is 15.3. The van der Waals surface area contributed by atoms with E-state index in [-0.39, 0.29) is 18.4 Å². The summed E-state index contributed by atoms with van der Waals surface area (Å²) in [5.41, 5.74) is 8.78. The van der Waals surface area contributed by atoms with Crippen LogP contribution in [0.5, 0.6) is 11.5 Å². The van der Waals surface area contributed by atoms with Gasteiger partial charge < -0.3 is 39.5 Å². The van der Waals surface area contributed by atoms with Crippen LogP contribution in [-0.2, 0) is 22.6 Å². The van der Waals surface area contributed by atoms with E-state index < -0.39 is 12.1 Å². The Morgan fingerprint density at radius 3 is 2.43 bits per heavy atom. The molecule has 1 aliphatic heterocycles. The van der Waals surface area contributed by atoms with Gasteiger partial charge in [-0.2, -0.15) is 10.4 Å². The lowest BCUT2D eigenvalue weighted by molar-refractivity contribution is -0.138. The molecule has 0 radical (unpaired) electrons. The molecule has 8 rings (SSSR count). The van der Waals surface area contributed by atoms with E-state index in [2.05, 4.69) is 35.8 Å². The molecule has 6 aromatic rings. The Morgan fingerprint density at radius 2 is 1.71 bits per heavy atom. The summed E-state index contributed by atoms with van der Waals surface area (Å²) in [5, 5.41) is 42.5. The van der Waals surface area contributed by atoms with Crippen molar-refractivity contribution in [3.8, 4) is 45.8 Å². The van der Waals surface area contributed by atoms with Crippen LogP contribution >= 0.6 is 0 Å². The number of benzene rings is 4. The SMILES string of the molecule is COc1cc(-n2ncc3c(-c4cccc(-c5nc6cc(CNC7CCC(CC(=O)O)CC7)cc(C#N)c6o5)c4C)cccc32)cc(OC)c1CN[C@H]1CCOC[C@@H]1O. The van der Waals surface area contributed by atoms with Crippen molar-refractivity contribution in [2.24, 2.45) is 5.92 Å². The predicted molar refractivity (Wildman–Crippen MR) is 219 cm³/mol. The number of methoxy groups -OCH3 is 2. The first-order valence-electron chi connectivity index (χ1n) is 19.8. The highest BCUT2D eigenvalue weighted by molar-refractivity contribution is 5.97. The van der Waals surface area contributed by atoms with E-state index in [4.69, 9.17) is 33.8 Å². The number of nitrogens with zero attached hydrogens (tertiary/aromatic N) is 4. The fourth-order valence-corrected chi connectivity index (χ4v) is 8.58. The number of fused-ring (bicyclic) bond motifs is 2. The molecule has 1 aliphatic carbocycles. The maximum Gasteiger partial charge on any atom is 0.303 e. The van der Waals surface area contributed by atoms with Gasteiger partial charge >= 0.3 is 5.97 Å². The molecule has 3 heterocycles. The van der Waals surface area contributed by atoms with Crippen LogP contribution < -0.4 is 20.1 Å². The Hall–Kier alpha value is -5.78. The van der Waals surface area contributed by atoms with Crippen LogP contribution in [0, 0.1) is 24.2 Å². The summed E-state index contributed by atoms with van der Waals surface area (Å²) in [6, 6.07) is 22.4. The molecule has 13 heteroatoms. The molecule has 0 unspecified atom stereocenters. The molecule has 0 amide bonds. The topological polar surface area (TPSA) is 177 Å². The van der Waals surface area contributed by atoms with Crippen LogP contribution in [0.1, 0.15) is 60.8 Å². The normalized spacial score (nSPS) is 19.6. The largest absolute Gasteiger partial charge is 0.496 e. The molecule has 0 bridgehead atoms. The number of nitrogens with one attached hydrogen (secondary N) is 2. The molecule has 1 saturated heterocycles. The second-order valence-corrected chi connectivity index (χ2v) is 15.3. The van der Waals surface area contributed by atoms with Gasteiger partial charge in [-0.1, -0.05) is 24.3 Å². The summed E-state index contributed by atoms with van der Waals surface area (Å²) in [6.45, 7) is 3.99. The number of aliphatic hydroxyl groups excluding tert-OH is 1. The summed E-state index contributed by atoms with van der Waals surface area (Å²) in [5.74, 6) is 1.24.